The van der Waals surface area contributed by atoms with E-state index in [0.29, 0.717) is 6.61 Å². The number of aldehydes is 1. The average molecular weight is 217 g/mol. The van der Waals surface area contributed by atoms with E-state index in [1.54, 1.807) is 7.11 Å². The molecule has 0 saturated carbocycles. The summed E-state index contributed by atoms with van der Waals surface area (Å²) in [5, 5.41) is 1.00. The Morgan fingerprint density at radius 1 is 1.38 bits per heavy atom. The number of benzene rings is 1. The van der Waals surface area contributed by atoms with Crippen LogP contribution in [0.15, 0.2) is 24.3 Å². The zero-order valence-corrected chi connectivity index (χ0v) is 9.32. The first kappa shape index (κ1) is 10.9. The summed E-state index contributed by atoms with van der Waals surface area (Å²) in [6.45, 7) is 0.716. The van der Waals surface area contributed by atoms with Crippen molar-refractivity contribution < 1.29 is 9.53 Å². The van der Waals surface area contributed by atoms with Crippen LogP contribution in [-0.2, 0) is 11.2 Å². The van der Waals surface area contributed by atoms with Crippen molar-refractivity contribution in [1.82, 2.24) is 4.98 Å². The van der Waals surface area contributed by atoms with Crippen LogP contribution in [0.2, 0.25) is 0 Å². The normalized spacial score (nSPS) is 10.8. The lowest BCUT2D eigenvalue weighted by atomic mass is 10.1. The number of ether oxygens (including phenoxy) is 1. The van der Waals surface area contributed by atoms with Crippen molar-refractivity contribution in [3.8, 4) is 0 Å². The maximum Gasteiger partial charge on any atom is 0.152 e. The van der Waals surface area contributed by atoms with Crippen molar-refractivity contribution >= 4 is 17.2 Å². The second-order valence-electron chi connectivity index (χ2n) is 3.78. The molecule has 1 N–H and O–H groups in total. The summed E-state index contributed by atoms with van der Waals surface area (Å²) in [7, 11) is 1.69. The average Bonchev–Trinajstić information content (AvgIpc) is 2.67. The number of carbonyl (C=O) groups is 1. The number of H-pyrrole nitrogens is 1. The second-order valence-corrected chi connectivity index (χ2v) is 3.78. The van der Waals surface area contributed by atoms with Gasteiger partial charge in [-0.1, -0.05) is 18.2 Å². The van der Waals surface area contributed by atoms with E-state index in [-0.39, 0.29) is 0 Å². The summed E-state index contributed by atoms with van der Waals surface area (Å²) in [6, 6.07) is 7.87. The highest BCUT2D eigenvalue weighted by Crippen LogP contribution is 2.21. The SMILES string of the molecule is COCCCc1[nH]c2ccccc2c1C=O. The van der Waals surface area contributed by atoms with Crippen molar-refractivity contribution in [2.75, 3.05) is 13.7 Å². The zero-order valence-electron chi connectivity index (χ0n) is 9.32. The fourth-order valence-corrected chi connectivity index (χ4v) is 1.94. The number of aromatic nitrogens is 1. The molecule has 84 valence electrons. The van der Waals surface area contributed by atoms with Crippen LogP contribution in [0.25, 0.3) is 10.9 Å². The van der Waals surface area contributed by atoms with Crippen molar-refractivity contribution in [2.45, 2.75) is 12.8 Å². The molecule has 0 unspecified atom stereocenters. The van der Waals surface area contributed by atoms with E-state index in [1.807, 2.05) is 24.3 Å². The van der Waals surface area contributed by atoms with Crippen molar-refractivity contribution in [1.29, 1.82) is 0 Å². The van der Waals surface area contributed by atoms with Gasteiger partial charge in [-0.05, 0) is 18.9 Å². The van der Waals surface area contributed by atoms with Gasteiger partial charge >= 0.3 is 0 Å². The molecule has 0 aliphatic carbocycles. The molecule has 0 radical (unpaired) electrons. The second kappa shape index (κ2) is 4.94. The minimum absolute atomic E-state index is 0.716. The first-order valence-electron chi connectivity index (χ1n) is 5.40. The number of carbonyl (C=O) groups excluding carboxylic acids is 1. The minimum Gasteiger partial charge on any atom is -0.385 e. The first-order chi connectivity index (χ1) is 7.86. The Bertz CT molecular complexity index is 488. The Hall–Kier alpha value is -1.61. The van der Waals surface area contributed by atoms with Crippen LogP contribution in [0, 0.1) is 0 Å². The number of para-hydroxylation sites is 1. The van der Waals surface area contributed by atoms with Gasteiger partial charge in [-0.25, -0.2) is 0 Å². The monoisotopic (exact) mass is 217 g/mol. The molecule has 2 aromatic rings. The van der Waals surface area contributed by atoms with Crippen LogP contribution in [0.1, 0.15) is 22.5 Å². The fraction of sp³-hybridized carbons (Fsp3) is 0.308. The van der Waals surface area contributed by atoms with Crippen molar-refractivity contribution in [3.63, 3.8) is 0 Å². The van der Waals surface area contributed by atoms with E-state index < -0.39 is 0 Å². The van der Waals surface area contributed by atoms with E-state index >= 15 is 0 Å². The summed E-state index contributed by atoms with van der Waals surface area (Å²) < 4.78 is 5.01. The molecule has 0 aliphatic rings. The lowest BCUT2D eigenvalue weighted by Gasteiger charge is -1.98. The number of fused-ring (bicyclic) bond motifs is 1. The number of nitrogens with one attached hydrogen (secondary N) is 1. The van der Waals surface area contributed by atoms with Gasteiger partial charge in [0.05, 0.1) is 0 Å². The smallest absolute Gasteiger partial charge is 0.152 e. The predicted octanol–water partition coefficient (Wildman–Crippen LogP) is 2.56. The number of methoxy groups -OCH3 is 1. The van der Waals surface area contributed by atoms with Gasteiger partial charge in [0.25, 0.3) is 0 Å². The molecule has 0 amide bonds. The van der Waals surface area contributed by atoms with Gasteiger partial charge in [0.15, 0.2) is 6.29 Å². The number of hydrogen-bond acceptors (Lipinski definition) is 2. The van der Waals surface area contributed by atoms with Crippen molar-refractivity contribution in [2.24, 2.45) is 0 Å². The zero-order chi connectivity index (χ0) is 11.4. The van der Waals surface area contributed by atoms with Crippen molar-refractivity contribution in [3.05, 3.63) is 35.5 Å². The van der Waals surface area contributed by atoms with Gasteiger partial charge in [0, 0.05) is 35.9 Å². The molecule has 0 aliphatic heterocycles. The molecular weight excluding hydrogens is 202 g/mol. The summed E-state index contributed by atoms with van der Waals surface area (Å²) in [4.78, 5) is 14.4. The maximum atomic E-state index is 11.1. The third-order valence-electron chi connectivity index (χ3n) is 2.72. The topological polar surface area (TPSA) is 42.1 Å². The molecule has 0 fully saturated rings. The third kappa shape index (κ3) is 1.99. The first-order valence-corrected chi connectivity index (χ1v) is 5.40. The Morgan fingerprint density at radius 2 is 2.19 bits per heavy atom. The number of aryl methyl sites for hydroxylation is 1. The predicted molar refractivity (Wildman–Crippen MR) is 63.9 cm³/mol. The summed E-state index contributed by atoms with van der Waals surface area (Å²) in [6.07, 6.45) is 2.70. The Morgan fingerprint density at radius 3 is 2.94 bits per heavy atom. The quantitative estimate of drug-likeness (QED) is 0.617. The Labute approximate surface area is 94.4 Å². The number of rotatable bonds is 5. The maximum absolute atomic E-state index is 11.1. The molecule has 3 heteroatoms. The largest absolute Gasteiger partial charge is 0.385 e. The lowest BCUT2D eigenvalue weighted by molar-refractivity contribution is 0.112. The number of hydrogen-bond donors (Lipinski definition) is 1. The molecule has 0 bridgehead atoms. The summed E-state index contributed by atoms with van der Waals surface area (Å²) in [5.74, 6) is 0. The molecule has 0 spiro atoms. The van der Waals surface area contributed by atoms with Gasteiger partial charge in [0.1, 0.15) is 0 Å². The number of aromatic amines is 1. The van der Waals surface area contributed by atoms with Crippen LogP contribution in [-0.4, -0.2) is 25.0 Å². The van der Waals surface area contributed by atoms with Crippen LogP contribution >= 0.6 is 0 Å². The summed E-state index contributed by atoms with van der Waals surface area (Å²) in [5.41, 5.74) is 2.82. The molecule has 16 heavy (non-hydrogen) atoms. The van der Waals surface area contributed by atoms with Crippen LogP contribution in [0.4, 0.5) is 0 Å². The van der Waals surface area contributed by atoms with Gasteiger partial charge in [-0.15, -0.1) is 0 Å². The Kier molecular flexibility index (Phi) is 3.37. The van der Waals surface area contributed by atoms with Gasteiger partial charge in [0.2, 0.25) is 0 Å². The highest BCUT2D eigenvalue weighted by molar-refractivity contribution is 5.98. The molecule has 0 saturated heterocycles. The minimum atomic E-state index is 0.716. The molecular formula is C13H15NO2. The van der Waals surface area contributed by atoms with E-state index in [2.05, 4.69) is 4.98 Å². The molecule has 3 nitrogen and oxygen atoms in total. The third-order valence-corrected chi connectivity index (χ3v) is 2.72. The van der Waals surface area contributed by atoms with Gasteiger partial charge in [-0.2, -0.15) is 0 Å². The van der Waals surface area contributed by atoms with E-state index in [0.717, 1.165) is 41.3 Å². The van der Waals surface area contributed by atoms with Crippen LogP contribution in [0.5, 0.6) is 0 Å². The Balaban J connectivity index is 2.33. The van der Waals surface area contributed by atoms with E-state index in [4.69, 9.17) is 4.74 Å². The van der Waals surface area contributed by atoms with Gasteiger partial charge in [-0.3, -0.25) is 4.79 Å². The lowest BCUT2D eigenvalue weighted by Crippen LogP contribution is -1.95. The molecule has 1 aromatic heterocycles. The highest BCUT2D eigenvalue weighted by Gasteiger charge is 2.09. The molecule has 2 rings (SSSR count). The standard InChI is InChI=1S/C13H15NO2/c1-16-8-4-7-13-11(9-15)10-5-2-3-6-12(10)14-13/h2-3,5-6,9,14H,4,7-8H2,1H3. The molecule has 1 aromatic carbocycles. The highest BCUT2D eigenvalue weighted by atomic mass is 16.5. The van der Waals surface area contributed by atoms with E-state index in [1.165, 1.54) is 0 Å². The van der Waals surface area contributed by atoms with Crippen LogP contribution in [0.3, 0.4) is 0 Å². The van der Waals surface area contributed by atoms with Gasteiger partial charge < -0.3 is 9.72 Å². The fourth-order valence-electron chi connectivity index (χ4n) is 1.94. The van der Waals surface area contributed by atoms with Crippen LogP contribution < -0.4 is 0 Å². The summed E-state index contributed by atoms with van der Waals surface area (Å²) >= 11 is 0. The molecule has 1 heterocycles. The van der Waals surface area contributed by atoms with E-state index in [9.17, 15) is 4.79 Å². The molecule has 0 atom stereocenters.